The lowest BCUT2D eigenvalue weighted by Gasteiger charge is -2.15. The predicted octanol–water partition coefficient (Wildman–Crippen LogP) is 21.3. The molecule has 0 aromatic heterocycles. The van der Waals surface area contributed by atoms with Crippen molar-refractivity contribution in [3.05, 3.63) is 170 Å². The van der Waals surface area contributed by atoms with Gasteiger partial charge in [-0.25, -0.2) is 0 Å². The van der Waals surface area contributed by atoms with E-state index in [1.807, 2.05) is 0 Å². The first-order chi connectivity index (χ1) is 37.6. The summed E-state index contributed by atoms with van der Waals surface area (Å²) in [5.74, 6) is -0.629. The smallest absolute Gasteiger partial charge is 0.306 e. The minimum absolute atomic E-state index is 0.0889. The summed E-state index contributed by atoms with van der Waals surface area (Å²) in [6.45, 7) is 3.88. The van der Waals surface area contributed by atoms with Crippen LogP contribution in [0.1, 0.15) is 245 Å². The number of hydrogen-bond acceptors (Lipinski definition) is 5. The van der Waals surface area contributed by atoms with E-state index in [0.29, 0.717) is 12.8 Å². The van der Waals surface area contributed by atoms with E-state index in [1.54, 1.807) is 0 Å². The summed E-state index contributed by atoms with van der Waals surface area (Å²) in [5, 5.41) is 9.67. The summed E-state index contributed by atoms with van der Waals surface area (Å²) >= 11 is 0. The minimum Gasteiger partial charge on any atom is -0.462 e. The fourth-order valence-electron chi connectivity index (χ4n) is 7.99. The van der Waals surface area contributed by atoms with Gasteiger partial charge in [0.2, 0.25) is 0 Å². The molecular weight excluding hydrogens is 933 g/mol. The van der Waals surface area contributed by atoms with Gasteiger partial charge in [-0.1, -0.05) is 274 Å². The maximum absolute atomic E-state index is 12.3. The predicted molar refractivity (Wildman–Crippen MR) is 333 cm³/mol. The van der Waals surface area contributed by atoms with E-state index >= 15 is 0 Å². The van der Waals surface area contributed by atoms with Gasteiger partial charge >= 0.3 is 11.9 Å². The molecule has 1 atom stereocenters. The molecule has 0 saturated heterocycles. The molecule has 0 bridgehead atoms. The molecule has 426 valence electrons. The van der Waals surface area contributed by atoms with E-state index in [-0.39, 0.29) is 25.2 Å². The van der Waals surface area contributed by atoms with Crippen LogP contribution in [0.2, 0.25) is 0 Å². The van der Waals surface area contributed by atoms with E-state index in [4.69, 9.17) is 9.47 Å². The molecule has 0 aromatic carbocycles. The fourth-order valence-corrected chi connectivity index (χ4v) is 7.99. The minimum atomic E-state index is -0.796. The van der Waals surface area contributed by atoms with Crippen LogP contribution >= 0.6 is 0 Å². The second kappa shape index (κ2) is 64.5. The second-order valence-corrected chi connectivity index (χ2v) is 19.7. The van der Waals surface area contributed by atoms with Crippen LogP contribution in [0.25, 0.3) is 0 Å². The highest BCUT2D eigenvalue weighted by atomic mass is 16.6. The molecule has 0 spiro atoms. The van der Waals surface area contributed by atoms with Crippen molar-refractivity contribution in [3.63, 3.8) is 0 Å². The molecule has 0 aliphatic rings. The van der Waals surface area contributed by atoms with Crippen molar-refractivity contribution in [1.29, 1.82) is 0 Å². The first-order valence-corrected chi connectivity index (χ1v) is 30.7. The number of aliphatic hydroxyl groups is 1. The Balaban J connectivity index is 3.58. The Morgan fingerprint density at radius 2 is 0.526 bits per heavy atom. The number of hydrogen-bond donors (Lipinski definition) is 1. The molecule has 5 nitrogen and oxygen atoms in total. The molecule has 76 heavy (non-hydrogen) atoms. The highest BCUT2D eigenvalue weighted by Crippen LogP contribution is 2.15. The Kier molecular flexibility index (Phi) is 60.5. The van der Waals surface area contributed by atoms with Crippen molar-refractivity contribution in [2.24, 2.45) is 0 Å². The molecule has 0 radical (unpaired) electrons. The lowest BCUT2D eigenvalue weighted by Crippen LogP contribution is -2.28. The quantitative estimate of drug-likeness (QED) is 0.0373. The molecule has 0 amide bonds. The third-order valence-corrected chi connectivity index (χ3v) is 12.5. The van der Waals surface area contributed by atoms with E-state index in [0.717, 1.165) is 141 Å². The summed E-state index contributed by atoms with van der Waals surface area (Å²) in [6.07, 6.45) is 100. The van der Waals surface area contributed by atoms with Crippen LogP contribution in [-0.4, -0.2) is 36.4 Å². The molecule has 0 saturated carbocycles. The number of carbonyl (C=O) groups is 2. The number of unbranched alkanes of at least 4 members (excludes halogenated alkanes) is 18. The Labute approximate surface area is 468 Å². The van der Waals surface area contributed by atoms with Crippen molar-refractivity contribution in [3.8, 4) is 0 Å². The molecule has 0 aliphatic carbocycles. The standard InChI is InChI=1S/C71H112O5/c1-3-5-7-9-11-13-15-17-19-21-23-25-27-28-29-30-31-32-33-34-35-36-37-38-39-40-41-42-44-46-48-50-52-54-56-58-60-62-64-66-71(74)76-69(67-72)68-75-70(73)65-63-61-59-57-55-53-51-49-47-45-43-26-24-22-20-18-16-14-12-10-8-6-4-2/h5-8,11-14,17-20,23-26,28-29,31-32,34-35,37-38,45,47,51,53,69,72H,3-4,9-10,15-16,21-22,27,30,33,36,39-44,46,48-50,52,54-68H2,1-2H3/b7-5-,8-6-,13-11-,14-12-,19-17-,20-18-,25-23-,26-24-,29-28-,32-31-,35-34-,38-37-,47-45-,53-51-. The first kappa shape index (κ1) is 71.3. The monoisotopic (exact) mass is 1040 g/mol. The Morgan fingerprint density at radius 1 is 0.303 bits per heavy atom. The van der Waals surface area contributed by atoms with Gasteiger partial charge in [0.1, 0.15) is 6.61 Å². The average Bonchev–Trinajstić information content (AvgIpc) is 3.42. The van der Waals surface area contributed by atoms with Crippen molar-refractivity contribution < 1.29 is 24.2 Å². The highest BCUT2D eigenvalue weighted by Gasteiger charge is 2.16. The number of aliphatic hydroxyl groups excluding tert-OH is 1. The van der Waals surface area contributed by atoms with Crippen LogP contribution in [0.5, 0.6) is 0 Å². The number of rotatable bonds is 54. The van der Waals surface area contributed by atoms with Crippen molar-refractivity contribution in [2.45, 2.75) is 251 Å². The van der Waals surface area contributed by atoms with E-state index in [9.17, 15) is 14.7 Å². The first-order valence-electron chi connectivity index (χ1n) is 30.7. The number of carbonyl (C=O) groups excluding carboxylic acids is 2. The molecule has 5 heteroatoms. The van der Waals surface area contributed by atoms with E-state index < -0.39 is 6.10 Å². The van der Waals surface area contributed by atoms with Gasteiger partial charge in [0.15, 0.2) is 6.10 Å². The molecule has 0 fully saturated rings. The fraction of sp³-hybridized carbons (Fsp3) is 0.577. The van der Waals surface area contributed by atoms with E-state index in [1.165, 1.54) is 77.0 Å². The van der Waals surface area contributed by atoms with Gasteiger partial charge in [-0.15, -0.1) is 0 Å². The number of ether oxygens (including phenoxy) is 2. The normalized spacial score (nSPS) is 13.5. The summed E-state index contributed by atoms with van der Waals surface area (Å²) in [6, 6.07) is 0. The van der Waals surface area contributed by atoms with Crippen molar-refractivity contribution in [2.75, 3.05) is 13.2 Å². The van der Waals surface area contributed by atoms with Crippen LogP contribution in [0, 0.1) is 0 Å². The summed E-state index contributed by atoms with van der Waals surface area (Å²) in [7, 11) is 0. The molecule has 0 rings (SSSR count). The van der Waals surface area contributed by atoms with Crippen LogP contribution in [-0.2, 0) is 19.1 Å². The average molecular weight is 1050 g/mol. The Bertz CT molecular complexity index is 1700. The SMILES string of the molecule is CC/C=C\C/C=C\C/C=C\C/C=C\C/C=C\C/C=C\C/C=C\C/C=C\CCCCCCCCCCCCCCCCC(=O)OC(CO)COC(=O)CCCCCC/C=C\C/C=C\C/C=C\C/C=C\C/C=C\C/C=C\CC. The number of allylic oxidation sites excluding steroid dienone is 28. The lowest BCUT2D eigenvalue weighted by molar-refractivity contribution is -0.161. The molecule has 0 heterocycles. The van der Waals surface area contributed by atoms with Gasteiger partial charge in [-0.05, 0) is 128 Å². The Morgan fingerprint density at radius 3 is 0.789 bits per heavy atom. The largest absolute Gasteiger partial charge is 0.462 e. The third-order valence-electron chi connectivity index (χ3n) is 12.5. The zero-order valence-electron chi connectivity index (χ0n) is 48.7. The van der Waals surface area contributed by atoms with Crippen LogP contribution in [0.4, 0.5) is 0 Å². The van der Waals surface area contributed by atoms with Gasteiger partial charge in [0, 0.05) is 12.8 Å². The summed E-state index contributed by atoms with van der Waals surface area (Å²) in [4.78, 5) is 24.6. The van der Waals surface area contributed by atoms with E-state index in [2.05, 4.69) is 184 Å². The molecule has 0 aliphatic heterocycles. The number of esters is 2. The highest BCUT2D eigenvalue weighted by molar-refractivity contribution is 5.70. The topological polar surface area (TPSA) is 72.8 Å². The van der Waals surface area contributed by atoms with Gasteiger partial charge in [0.25, 0.3) is 0 Å². The summed E-state index contributed by atoms with van der Waals surface area (Å²) in [5.41, 5.74) is 0. The van der Waals surface area contributed by atoms with Crippen molar-refractivity contribution >= 4 is 11.9 Å². The third kappa shape index (κ3) is 61.8. The van der Waals surface area contributed by atoms with Gasteiger partial charge in [-0.3, -0.25) is 9.59 Å². The zero-order chi connectivity index (χ0) is 54.8. The maximum Gasteiger partial charge on any atom is 0.306 e. The van der Waals surface area contributed by atoms with Crippen LogP contribution in [0.15, 0.2) is 170 Å². The van der Waals surface area contributed by atoms with Crippen LogP contribution < -0.4 is 0 Å². The molecule has 0 aromatic rings. The van der Waals surface area contributed by atoms with Gasteiger partial charge < -0.3 is 14.6 Å². The Hall–Kier alpha value is -4.74. The summed E-state index contributed by atoms with van der Waals surface area (Å²) < 4.78 is 10.7. The lowest BCUT2D eigenvalue weighted by atomic mass is 10.0. The molecule has 1 N–H and O–H groups in total. The maximum atomic E-state index is 12.3. The van der Waals surface area contributed by atoms with Gasteiger partial charge in [-0.2, -0.15) is 0 Å². The second-order valence-electron chi connectivity index (χ2n) is 19.7. The zero-order valence-corrected chi connectivity index (χ0v) is 48.7. The molecule has 1 unspecified atom stereocenters. The van der Waals surface area contributed by atoms with Gasteiger partial charge in [0.05, 0.1) is 6.61 Å². The molecular formula is C71H112O5. The van der Waals surface area contributed by atoms with Crippen molar-refractivity contribution in [1.82, 2.24) is 0 Å². The van der Waals surface area contributed by atoms with Crippen LogP contribution in [0.3, 0.4) is 0 Å².